The zero-order valence-electron chi connectivity index (χ0n) is 12.7. The van der Waals surface area contributed by atoms with Gasteiger partial charge in [0.05, 0.1) is 5.75 Å². The lowest BCUT2D eigenvalue weighted by molar-refractivity contribution is -0.128. The summed E-state index contributed by atoms with van der Waals surface area (Å²) in [5.74, 6) is 2.03. The first kappa shape index (κ1) is 15.8. The summed E-state index contributed by atoms with van der Waals surface area (Å²) in [6.07, 6.45) is 3.19. The van der Waals surface area contributed by atoms with Gasteiger partial charge in [-0.2, -0.15) is 11.8 Å². The molecule has 2 rings (SSSR count). The van der Waals surface area contributed by atoms with Gasteiger partial charge in [0, 0.05) is 6.54 Å². The fourth-order valence-corrected chi connectivity index (χ4v) is 4.72. The van der Waals surface area contributed by atoms with Gasteiger partial charge in [-0.3, -0.25) is 4.79 Å². The van der Waals surface area contributed by atoms with E-state index in [4.69, 9.17) is 0 Å². The van der Waals surface area contributed by atoms with Crippen molar-refractivity contribution in [1.82, 2.24) is 4.90 Å². The highest BCUT2D eigenvalue weighted by atomic mass is 32.2. The van der Waals surface area contributed by atoms with E-state index in [1.165, 1.54) is 22.3 Å². The largest absolute Gasteiger partial charge is 0.326 e. The molecule has 4 heteroatoms. The van der Waals surface area contributed by atoms with E-state index in [2.05, 4.69) is 44.1 Å². The minimum absolute atomic E-state index is 0.213. The molecule has 1 heterocycles. The van der Waals surface area contributed by atoms with Crippen LogP contribution in [0.2, 0.25) is 0 Å². The van der Waals surface area contributed by atoms with Crippen LogP contribution in [-0.4, -0.2) is 35.1 Å². The summed E-state index contributed by atoms with van der Waals surface area (Å²) in [7, 11) is 0. The molecule has 1 aliphatic rings. The van der Waals surface area contributed by atoms with Gasteiger partial charge in [0.2, 0.25) is 5.91 Å². The molecule has 0 radical (unpaired) electrons. The van der Waals surface area contributed by atoms with E-state index in [-0.39, 0.29) is 5.37 Å². The zero-order chi connectivity index (χ0) is 14.7. The molecule has 1 amide bonds. The Balaban J connectivity index is 2.24. The first-order valence-corrected chi connectivity index (χ1v) is 9.46. The summed E-state index contributed by atoms with van der Waals surface area (Å²) in [5.41, 5.74) is 5.26. The Morgan fingerprint density at radius 1 is 1.30 bits per heavy atom. The Bertz CT molecular complexity index is 478. The van der Waals surface area contributed by atoms with Crippen LogP contribution < -0.4 is 0 Å². The quantitative estimate of drug-likeness (QED) is 0.768. The fraction of sp³-hybridized carbons (Fsp3) is 0.562. The van der Waals surface area contributed by atoms with Crippen molar-refractivity contribution in [3.8, 4) is 0 Å². The average molecular weight is 310 g/mol. The molecular weight excluding hydrogens is 286 g/mol. The monoisotopic (exact) mass is 309 g/mol. The van der Waals surface area contributed by atoms with Gasteiger partial charge in [0.1, 0.15) is 5.37 Å². The van der Waals surface area contributed by atoms with E-state index < -0.39 is 0 Å². The predicted molar refractivity (Wildman–Crippen MR) is 90.6 cm³/mol. The summed E-state index contributed by atoms with van der Waals surface area (Å²) >= 11 is 3.62. The molecule has 20 heavy (non-hydrogen) atoms. The summed E-state index contributed by atoms with van der Waals surface area (Å²) < 4.78 is 0. The average Bonchev–Trinajstić information content (AvgIpc) is 2.71. The third kappa shape index (κ3) is 3.34. The molecule has 0 spiro atoms. The SMILES string of the molecule is CSCCCN1C(=O)CSC1c1c(C)cc(C)cc1C. The van der Waals surface area contributed by atoms with Crippen LogP contribution in [0, 0.1) is 20.8 Å². The van der Waals surface area contributed by atoms with Crippen LogP contribution in [-0.2, 0) is 4.79 Å². The van der Waals surface area contributed by atoms with Gasteiger partial charge in [-0.15, -0.1) is 11.8 Å². The van der Waals surface area contributed by atoms with Gasteiger partial charge >= 0.3 is 0 Å². The Morgan fingerprint density at radius 2 is 1.95 bits per heavy atom. The van der Waals surface area contributed by atoms with Gasteiger partial charge in [0.15, 0.2) is 0 Å². The third-order valence-electron chi connectivity index (χ3n) is 3.70. The van der Waals surface area contributed by atoms with E-state index in [1.54, 1.807) is 11.8 Å². The minimum Gasteiger partial charge on any atom is -0.326 e. The van der Waals surface area contributed by atoms with Crippen molar-refractivity contribution >= 4 is 29.4 Å². The van der Waals surface area contributed by atoms with Gasteiger partial charge in [-0.05, 0) is 55.9 Å². The molecular formula is C16H23NOS2. The van der Waals surface area contributed by atoms with Gasteiger partial charge in [-0.25, -0.2) is 0 Å². The number of amides is 1. The molecule has 0 N–H and O–H groups in total. The maximum atomic E-state index is 12.1. The molecule has 0 saturated carbocycles. The summed E-state index contributed by atoms with van der Waals surface area (Å²) in [6, 6.07) is 4.46. The Morgan fingerprint density at radius 3 is 2.55 bits per heavy atom. The Labute approximate surface area is 130 Å². The molecule has 110 valence electrons. The van der Waals surface area contributed by atoms with Crippen molar-refractivity contribution in [2.75, 3.05) is 24.3 Å². The second kappa shape index (κ2) is 6.90. The maximum Gasteiger partial charge on any atom is 0.233 e. The van der Waals surface area contributed by atoms with E-state index >= 15 is 0 Å². The van der Waals surface area contributed by atoms with Crippen molar-refractivity contribution in [2.24, 2.45) is 0 Å². The number of benzene rings is 1. The lowest BCUT2D eigenvalue weighted by Crippen LogP contribution is -2.30. The highest BCUT2D eigenvalue weighted by Gasteiger charge is 2.33. The van der Waals surface area contributed by atoms with Crippen molar-refractivity contribution < 1.29 is 4.79 Å². The van der Waals surface area contributed by atoms with Crippen LogP contribution in [0.15, 0.2) is 12.1 Å². The Hall–Kier alpha value is -0.610. The topological polar surface area (TPSA) is 20.3 Å². The van der Waals surface area contributed by atoms with Gasteiger partial charge in [-0.1, -0.05) is 17.7 Å². The molecule has 0 aromatic heterocycles. The molecule has 1 atom stereocenters. The third-order valence-corrected chi connectivity index (χ3v) is 5.62. The molecule has 1 fully saturated rings. The maximum absolute atomic E-state index is 12.1. The molecule has 2 nitrogen and oxygen atoms in total. The van der Waals surface area contributed by atoms with Crippen LogP contribution in [0.1, 0.15) is 34.0 Å². The summed E-state index contributed by atoms with van der Waals surface area (Å²) in [4.78, 5) is 14.2. The van der Waals surface area contributed by atoms with E-state index in [1.807, 2.05) is 11.8 Å². The number of nitrogens with zero attached hydrogens (tertiary/aromatic N) is 1. The Kier molecular flexibility index (Phi) is 5.44. The van der Waals surface area contributed by atoms with Gasteiger partial charge in [0.25, 0.3) is 0 Å². The van der Waals surface area contributed by atoms with Crippen molar-refractivity contribution in [3.63, 3.8) is 0 Å². The van der Waals surface area contributed by atoms with E-state index in [0.717, 1.165) is 18.7 Å². The molecule has 1 saturated heterocycles. The number of hydrogen-bond acceptors (Lipinski definition) is 3. The van der Waals surface area contributed by atoms with Crippen molar-refractivity contribution in [1.29, 1.82) is 0 Å². The molecule has 0 bridgehead atoms. The zero-order valence-corrected chi connectivity index (χ0v) is 14.4. The van der Waals surface area contributed by atoms with E-state index in [0.29, 0.717) is 11.7 Å². The fourth-order valence-electron chi connectivity index (χ4n) is 2.89. The first-order valence-electron chi connectivity index (χ1n) is 7.02. The number of hydrogen-bond donors (Lipinski definition) is 0. The van der Waals surface area contributed by atoms with Gasteiger partial charge < -0.3 is 4.90 Å². The normalized spacial score (nSPS) is 18.9. The molecule has 1 unspecified atom stereocenters. The molecule has 0 aliphatic carbocycles. The summed E-state index contributed by atoms with van der Waals surface area (Å²) in [6.45, 7) is 7.34. The molecule has 1 aliphatic heterocycles. The highest BCUT2D eigenvalue weighted by molar-refractivity contribution is 8.00. The number of aryl methyl sites for hydroxylation is 3. The summed E-state index contributed by atoms with van der Waals surface area (Å²) in [5, 5.41) is 0.213. The lowest BCUT2D eigenvalue weighted by atomic mass is 9.99. The van der Waals surface area contributed by atoms with Crippen LogP contribution in [0.3, 0.4) is 0 Å². The van der Waals surface area contributed by atoms with Crippen molar-refractivity contribution in [3.05, 3.63) is 34.4 Å². The number of carbonyl (C=O) groups excluding carboxylic acids is 1. The van der Waals surface area contributed by atoms with Crippen molar-refractivity contribution in [2.45, 2.75) is 32.6 Å². The standard InChI is InChI=1S/C16H23NOS2/c1-11-8-12(2)15(13(3)9-11)16-17(6-5-7-19-4)14(18)10-20-16/h8-9,16H,5-7,10H2,1-4H3. The second-order valence-electron chi connectivity index (χ2n) is 5.41. The van der Waals surface area contributed by atoms with Crippen LogP contribution in [0.4, 0.5) is 0 Å². The smallest absolute Gasteiger partial charge is 0.233 e. The van der Waals surface area contributed by atoms with Crippen LogP contribution in [0.25, 0.3) is 0 Å². The van der Waals surface area contributed by atoms with Crippen LogP contribution >= 0.6 is 23.5 Å². The number of carbonyl (C=O) groups is 1. The molecule has 1 aromatic rings. The van der Waals surface area contributed by atoms with Crippen LogP contribution in [0.5, 0.6) is 0 Å². The second-order valence-corrected chi connectivity index (χ2v) is 7.46. The lowest BCUT2D eigenvalue weighted by Gasteiger charge is -2.27. The van der Waals surface area contributed by atoms with E-state index in [9.17, 15) is 4.79 Å². The number of thioether (sulfide) groups is 2. The number of rotatable bonds is 5. The highest BCUT2D eigenvalue weighted by Crippen LogP contribution is 2.41. The first-order chi connectivity index (χ1) is 9.54. The predicted octanol–water partition coefficient (Wildman–Crippen LogP) is 3.94. The molecule has 1 aromatic carbocycles. The minimum atomic E-state index is 0.213.